The lowest BCUT2D eigenvalue weighted by Crippen LogP contribution is -2.43. The molecule has 1 saturated heterocycles. The maximum Gasteiger partial charge on any atom is 0.115 e. The summed E-state index contributed by atoms with van der Waals surface area (Å²) in [4.78, 5) is 0. The number of benzene rings is 1. The molecule has 106 valence electrons. The molecule has 1 fully saturated rings. The van der Waals surface area contributed by atoms with Gasteiger partial charge in [0.05, 0.1) is 5.60 Å². The lowest BCUT2D eigenvalue weighted by atomic mass is 10.0. The van der Waals surface area contributed by atoms with Crippen molar-refractivity contribution in [3.63, 3.8) is 0 Å². The van der Waals surface area contributed by atoms with E-state index in [1.807, 2.05) is 23.9 Å². The third-order valence-electron chi connectivity index (χ3n) is 3.66. The van der Waals surface area contributed by atoms with Crippen molar-refractivity contribution in [2.24, 2.45) is 0 Å². The van der Waals surface area contributed by atoms with Crippen LogP contribution in [-0.4, -0.2) is 39.9 Å². The predicted molar refractivity (Wildman–Crippen MR) is 80.8 cm³/mol. The van der Waals surface area contributed by atoms with Gasteiger partial charge in [0.15, 0.2) is 0 Å². The first-order valence-corrected chi connectivity index (χ1v) is 8.04. The average Bonchev–Trinajstić information content (AvgIpc) is 2.83. The molecule has 3 nitrogen and oxygen atoms in total. The maximum atomic E-state index is 10.2. The number of hydrogen-bond acceptors (Lipinski definition) is 4. The van der Waals surface area contributed by atoms with E-state index in [-0.39, 0.29) is 0 Å². The molecule has 0 aromatic heterocycles. The van der Waals surface area contributed by atoms with E-state index in [4.69, 9.17) is 0 Å². The van der Waals surface area contributed by atoms with Crippen molar-refractivity contribution in [1.29, 1.82) is 0 Å². The van der Waals surface area contributed by atoms with Crippen LogP contribution in [-0.2, 0) is 6.42 Å². The van der Waals surface area contributed by atoms with E-state index in [1.54, 1.807) is 12.1 Å². The molecule has 1 aromatic carbocycles. The Kier molecular flexibility index (Phi) is 5.13. The largest absolute Gasteiger partial charge is 0.508 e. The molecule has 1 aliphatic rings. The summed E-state index contributed by atoms with van der Waals surface area (Å²) in [6.45, 7) is 2.85. The summed E-state index contributed by atoms with van der Waals surface area (Å²) < 4.78 is 0. The van der Waals surface area contributed by atoms with Crippen LogP contribution in [0.25, 0.3) is 0 Å². The van der Waals surface area contributed by atoms with Crippen LogP contribution in [0.1, 0.15) is 25.3 Å². The highest BCUT2D eigenvalue weighted by atomic mass is 32.2. The fourth-order valence-corrected chi connectivity index (χ4v) is 3.54. The van der Waals surface area contributed by atoms with Gasteiger partial charge >= 0.3 is 0 Å². The van der Waals surface area contributed by atoms with Crippen LogP contribution < -0.4 is 5.32 Å². The van der Waals surface area contributed by atoms with Gasteiger partial charge in [-0.1, -0.05) is 12.1 Å². The average molecular weight is 281 g/mol. The molecule has 1 aliphatic heterocycles. The summed E-state index contributed by atoms with van der Waals surface area (Å²) in [5, 5.41) is 22.9. The number of hydrogen-bond donors (Lipinski definition) is 3. The third-order valence-corrected chi connectivity index (χ3v) is 4.90. The molecule has 0 aliphatic carbocycles. The molecule has 2 unspecified atom stereocenters. The van der Waals surface area contributed by atoms with E-state index < -0.39 is 5.60 Å². The fourth-order valence-electron chi connectivity index (χ4n) is 2.25. The van der Waals surface area contributed by atoms with E-state index >= 15 is 0 Å². The smallest absolute Gasteiger partial charge is 0.115 e. The minimum atomic E-state index is -0.503. The Bertz CT molecular complexity index is 388. The van der Waals surface area contributed by atoms with E-state index in [0.717, 1.165) is 30.8 Å². The first-order valence-electron chi connectivity index (χ1n) is 6.89. The van der Waals surface area contributed by atoms with Crippen LogP contribution in [0, 0.1) is 0 Å². The van der Waals surface area contributed by atoms with Crippen molar-refractivity contribution in [2.75, 3.05) is 18.1 Å². The van der Waals surface area contributed by atoms with Crippen LogP contribution in [0.5, 0.6) is 5.75 Å². The monoisotopic (exact) mass is 281 g/mol. The van der Waals surface area contributed by atoms with Gasteiger partial charge in [-0.15, -0.1) is 0 Å². The second-order valence-electron chi connectivity index (χ2n) is 5.51. The van der Waals surface area contributed by atoms with Gasteiger partial charge in [-0.2, -0.15) is 11.8 Å². The quantitative estimate of drug-likeness (QED) is 0.748. The summed E-state index contributed by atoms with van der Waals surface area (Å²) >= 11 is 1.83. The van der Waals surface area contributed by atoms with E-state index in [1.165, 1.54) is 5.56 Å². The van der Waals surface area contributed by atoms with Crippen molar-refractivity contribution in [1.82, 2.24) is 5.32 Å². The Balaban J connectivity index is 1.69. The van der Waals surface area contributed by atoms with Crippen LogP contribution in [0.15, 0.2) is 24.3 Å². The Morgan fingerprint density at radius 2 is 2.11 bits per heavy atom. The molecule has 19 heavy (non-hydrogen) atoms. The SMILES string of the molecule is CC(CCc1ccc(O)cc1)NCC1(O)CCSC1. The zero-order valence-corrected chi connectivity index (χ0v) is 12.2. The predicted octanol–water partition coefficient (Wildman–Crippen LogP) is 2.17. The van der Waals surface area contributed by atoms with E-state index in [0.29, 0.717) is 18.3 Å². The van der Waals surface area contributed by atoms with Crippen molar-refractivity contribution in [3.8, 4) is 5.75 Å². The zero-order valence-electron chi connectivity index (χ0n) is 11.4. The summed E-state index contributed by atoms with van der Waals surface area (Å²) in [5.41, 5.74) is 0.735. The Hall–Kier alpha value is -0.710. The Morgan fingerprint density at radius 1 is 1.37 bits per heavy atom. The highest BCUT2D eigenvalue weighted by Crippen LogP contribution is 2.27. The summed E-state index contributed by atoms with van der Waals surface area (Å²) in [5.74, 6) is 2.24. The van der Waals surface area contributed by atoms with E-state index in [2.05, 4.69) is 12.2 Å². The number of thioether (sulfide) groups is 1. The molecule has 0 saturated carbocycles. The standard InChI is InChI=1S/C15H23NO2S/c1-12(16-10-15(18)8-9-19-11-15)2-3-13-4-6-14(17)7-5-13/h4-7,12,16-18H,2-3,8-11H2,1H3. The number of aliphatic hydroxyl groups is 1. The van der Waals surface area contributed by atoms with Gasteiger partial charge in [-0.25, -0.2) is 0 Å². The van der Waals surface area contributed by atoms with Crippen molar-refractivity contribution in [3.05, 3.63) is 29.8 Å². The zero-order chi connectivity index (χ0) is 13.7. The van der Waals surface area contributed by atoms with Crippen molar-refractivity contribution >= 4 is 11.8 Å². The van der Waals surface area contributed by atoms with Gasteiger partial charge in [-0.3, -0.25) is 0 Å². The molecule has 3 N–H and O–H groups in total. The summed E-state index contributed by atoms with van der Waals surface area (Å²) in [7, 11) is 0. The maximum absolute atomic E-state index is 10.2. The van der Waals surface area contributed by atoms with Crippen LogP contribution in [0.2, 0.25) is 0 Å². The number of phenols is 1. The normalized spacial score (nSPS) is 24.5. The molecule has 1 aromatic rings. The number of rotatable bonds is 6. The van der Waals surface area contributed by atoms with Gasteiger partial charge < -0.3 is 15.5 Å². The first kappa shape index (κ1) is 14.7. The molecular formula is C15H23NO2S. The van der Waals surface area contributed by atoms with Crippen molar-refractivity contribution < 1.29 is 10.2 Å². The topological polar surface area (TPSA) is 52.5 Å². The van der Waals surface area contributed by atoms with E-state index in [9.17, 15) is 10.2 Å². The first-order chi connectivity index (χ1) is 9.07. The fraction of sp³-hybridized carbons (Fsp3) is 0.600. The molecule has 2 atom stereocenters. The lowest BCUT2D eigenvalue weighted by Gasteiger charge is -2.24. The Labute approximate surface area is 119 Å². The van der Waals surface area contributed by atoms with Gasteiger partial charge in [0.2, 0.25) is 0 Å². The molecule has 0 amide bonds. The molecule has 2 rings (SSSR count). The minimum Gasteiger partial charge on any atom is -0.508 e. The summed E-state index contributed by atoms with van der Waals surface area (Å²) in [6, 6.07) is 7.77. The molecule has 0 radical (unpaired) electrons. The number of aryl methyl sites for hydroxylation is 1. The molecule has 0 bridgehead atoms. The van der Waals surface area contributed by atoms with Gasteiger partial charge in [0.1, 0.15) is 5.75 Å². The van der Waals surface area contributed by atoms with Crippen LogP contribution in [0.3, 0.4) is 0 Å². The molecule has 4 heteroatoms. The van der Waals surface area contributed by atoms with Gasteiger partial charge in [0.25, 0.3) is 0 Å². The number of nitrogens with one attached hydrogen (secondary N) is 1. The minimum absolute atomic E-state index is 0.316. The Morgan fingerprint density at radius 3 is 2.74 bits per heavy atom. The number of aromatic hydroxyl groups is 1. The van der Waals surface area contributed by atoms with Crippen LogP contribution >= 0.6 is 11.8 Å². The second kappa shape index (κ2) is 6.64. The molecule has 1 heterocycles. The van der Waals surface area contributed by atoms with Gasteiger partial charge in [-0.05, 0) is 49.6 Å². The van der Waals surface area contributed by atoms with Gasteiger partial charge in [0, 0.05) is 18.3 Å². The second-order valence-corrected chi connectivity index (χ2v) is 6.62. The van der Waals surface area contributed by atoms with Crippen molar-refractivity contribution in [2.45, 2.75) is 37.8 Å². The molecular weight excluding hydrogens is 258 g/mol. The third kappa shape index (κ3) is 4.71. The highest BCUT2D eigenvalue weighted by molar-refractivity contribution is 7.99. The summed E-state index contributed by atoms with van der Waals surface area (Å²) in [6.07, 6.45) is 2.92. The highest BCUT2D eigenvalue weighted by Gasteiger charge is 2.31. The van der Waals surface area contributed by atoms with Crippen LogP contribution in [0.4, 0.5) is 0 Å². The number of phenolic OH excluding ortho intramolecular Hbond substituents is 1. The lowest BCUT2D eigenvalue weighted by molar-refractivity contribution is 0.0649. The molecule has 0 spiro atoms.